The predicted molar refractivity (Wildman–Crippen MR) is 110 cm³/mol. The molecule has 0 radical (unpaired) electrons. The number of carbonyl (C=O) groups excluding carboxylic acids is 2. The highest BCUT2D eigenvalue weighted by molar-refractivity contribution is 6.22. The van der Waals surface area contributed by atoms with Crippen molar-refractivity contribution in [2.24, 2.45) is 34.0 Å². The quantitative estimate of drug-likeness (QED) is 0.433. The van der Waals surface area contributed by atoms with E-state index in [2.05, 4.69) is 10.3 Å². The molecule has 2 aromatic rings. The van der Waals surface area contributed by atoms with Crippen LogP contribution < -0.4 is 9.91 Å². The van der Waals surface area contributed by atoms with E-state index in [0.29, 0.717) is 17.8 Å². The lowest BCUT2D eigenvalue weighted by Crippen LogP contribution is -2.47. The molecule has 9 nitrogen and oxygen atoms in total. The molecule has 2 saturated carbocycles. The van der Waals surface area contributed by atoms with Crippen LogP contribution in [0.2, 0.25) is 0 Å². The second-order valence-electron chi connectivity index (χ2n) is 8.74. The lowest BCUT2D eigenvalue weighted by Gasteiger charge is -2.33. The lowest BCUT2D eigenvalue weighted by atomic mass is 9.76. The Morgan fingerprint density at radius 1 is 1.00 bits per heavy atom. The molecule has 156 valence electrons. The van der Waals surface area contributed by atoms with Gasteiger partial charge in [-0.3, -0.25) is 24.6 Å². The third kappa shape index (κ3) is 2.31. The van der Waals surface area contributed by atoms with E-state index in [1.165, 1.54) is 11.0 Å². The Hall–Kier alpha value is -3.62. The third-order valence-electron chi connectivity index (χ3n) is 7.27. The first-order chi connectivity index (χ1) is 15.0. The Morgan fingerprint density at radius 2 is 1.68 bits per heavy atom. The van der Waals surface area contributed by atoms with Crippen LogP contribution in [0, 0.1) is 40.7 Å². The number of anilines is 2. The number of hydrogen-bond donors (Lipinski definition) is 0. The van der Waals surface area contributed by atoms with E-state index in [-0.39, 0.29) is 41.4 Å². The van der Waals surface area contributed by atoms with Crippen molar-refractivity contribution in [2.75, 3.05) is 9.91 Å². The molecule has 3 fully saturated rings. The maximum atomic E-state index is 13.4. The summed E-state index contributed by atoms with van der Waals surface area (Å²) in [5.41, 5.74) is 1.98. The fourth-order valence-electron chi connectivity index (χ4n) is 6.05. The topological polar surface area (TPSA) is 108 Å². The molecule has 0 aromatic heterocycles. The molecule has 2 aromatic carbocycles. The molecule has 1 saturated heterocycles. The number of nitro benzene ring substituents is 1. The average Bonchev–Trinajstić information content (AvgIpc) is 3.49. The number of benzene rings is 2. The van der Waals surface area contributed by atoms with Crippen LogP contribution in [0.1, 0.15) is 12.0 Å². The maximum absolute atomic E-state index is 13.4. The summed E-state index contributed by atoms with van der Waals surface area (Å²) in [7, 11) is 0. The van der Waals surface area contributed by atoms with Crippen LogP contribution in [0.5, 0.6) is 0 Å². The van der Waals surface area contributed by atoms with Gasteiger partial charge in [-0.15, -0.1) is 0 Å². The smallest absolute Gasteiger partial charge is 0.274 e. The van der Waals surface area contributed by atoms with Gasteiger partial charge in [-0.2, -0.15) is 5.11 Å². The summed E-state index contributed by atoms with van der Waals surface area (Å²) in [6.07, 6.45) is 0.708. The number of imide groups is 1. The van der Waals surface area contributed by atoms with Gasteiger partial charge in [0.25, 0.3) is 5.69 Å². The molecule has 6 rings (SSSR count). The summed E-state index contributed by atoms with van der Waals surface area (Å²) in [5.74, 6) is -1.38. The van der Waals surface area contributed by atoms with E-state index in [1.807, 2.05) is 19.1 Å². The zero-order chi connectivity index (χ0) is 21.4. The predicted octanol–water partition coefficient (Wildman–Crippen LogP) is 3.28. The minimum atomic E-state index is -0.436. The Morgan fingerprint density at radius 3 is 2.39 bits per heavy atom. The van der Waals surface area contributed by atoms with E-state index in [0.717, 1.165) is 5.56 Å². The first-order valence-corrected chi connectivity index (χ1v) is 10.4. The van der Waals surface area contributed by atoms with Gasteiger partial charge in [0, 0.05) is 6.07 Å². The number of amides is 2. The molecule has 2 heterocycles. The first-order valence-electron chi connectivity index (χ1n) is 10.4. The summed E-state index contributed by atoms with van der Waals surface area (Å²) < 4.78 is 0. The van der Waals surface area contributed by atoms with Crippen molar-refractivity contribution in [3.63, 3.8) is 0 Å². The highest BCUT2D eigenvalue weighted by Gasteiger charge is 2.70. The molecular formula is C22H19N5O4. The van der Waals surface area contributed by atoms with E-state index in [1.54, 1.807) is 35.3 Å². The van der Waals surface area contributed by atoms with Crippen molar-refractivity contribution in [3.8, 4) is 0 Å². The summed E-state index contributed by atoms with van der Waals surface area (Å²) in [5, 5.41) is 21.8. The van der Waals surface area contributed by atoms with Gasteiger partial charge < -0.3 is 0 Å². The maximum Gasteiger partial charge on any atom is 0.294 e. The highest BCUT2D eigenvalue weighted by Crippen LogP contribution is 2.61. The summed E-state index contributed by atoms with van der Waals surface area (Å²) in [4.78, 5) is 39.1. The molecule has 0 unspecified atom stereocenters. The van der Waals surface area contributed by atoms with E-state index >= 15 is 0 Å². The first kappa shape index (κ1) is 18.2. The zero-order valence-corrected chi connectivity index (χ0v) is 16.7. The van der Waals surface area contributed by atoms with Crippen LogP contribution >= 0.6 is 0 Å². The van der Waals surface area contributed by atoms with Crippen LogP contribution in [0.25, 0.3) is 0 Å². The molecule has 6 atom stereocenters. The standard InChI is InChI=1S/C22H19N5O4/c1-11-6-8-12(9-7-11)25-21(28)17-13-10-14(18(17)22(25)29)20-19(13)23-24-26(20)15-4-2-3-5-16(15)27(30)31/h2-9,13-14,17-20H,10H2,1H3/t13-,14+,17-,18+,19-,20-/m1/s1. The lowest BCUT2D eigenvalue weighted by molar-refractivity contribution is -0.384. The monoisotopic (exact) mass is 417 g/mol. The number of rotatable bonds is 3. The fraction of sp³-hybridized carbons (Fsp3) is 0.364. The van der Waals surface area contributed by atoms with E-state index in [9.17, 15) is 19.7 Å². The fourth-order valence-corrected chi connectivity index (χ4v) is 6.05. The zero-order valence-electron chi connectivity index (χ0n) is 16.7. The second kappa shape index (κ2) is 6.19. The Balaban J connectivity index is 1.36. The van der Waals surface area contributed by atoms with E-state index in [4.69, 9.17) is 0 Å². The van der Waals surface area contributed by atoms with Crippen molar-refractivity contribution in [1.82, 2.24) is 0 Å². The summed E-state index contributed by atoms with van der Waals surface area (Å²) in [6.45, 7) is 1.95. The number of fused-ring (bicyclic) bond motifs is 8. The normalized spacial score (nSPS) is 32.7. The number of nitrogens with zero attached hydrogens (tertiary/aromatic N) is 5. The molecule has 2 aliphatic carbocycles. The van der Waals surface area contributed by atoms with Crippen molar-refractivity contribution < 1.29 is 14.5 Å². The SMILES string of the molecule is Cc1ccc(N2C(=O)[C@@H]3[C@H]4C[C@@H]([C@@H]3C2=O)[C@@H]2[C@@H]4N=NN2c2ccccc2[N+](=O)[O-])cc1. The number of para-hydroxylation sites is 2. The highest BCUT2D eigenvalue weighted by atomic mass is 16.6. The molecule has 9 heteroatoms. The van der Waals surface area contributed by atoms with Gasteiger partial charge in [0.2, 0.25) is 11.8 Å². The van der Waals surface area contributed by atoms with Crippen molar-refractivity contribution in [1.29, 1.82) is 0 Å². The minimum Gasteiger partial charge on any atom is -0.274 e. The molecule has 2 aliphatic heterocycles. The molecule has 0 spiro atoms. The Bertz CT molecular complexity index is 1160. The largest absolute Gasteiger partial charge is 0.294 e. The number of hydrogen-bond acceptors (Lipinski definition) is 7. The van der Waals surface area contributed by atoms with Gasteiger partial charge in [-0.1, -0.05) is 35.1 Å². The van der Waals surface area contributed by atoms with Crippen LogP contribution in [0.3, 0.4) is 0 Å². The molecule has 31 heavy (non-hydrogen) atoms. The van der Waals surface area contributed by atoms with Gasteiger partial charge in [0.05, 0.1) is 34.5 Å². The van der Waals surface area contributed by atoms with Crippen LogP contribution in [-0.2, 0) is 9.59 Å². The molecule has 0 N–H and O–H groups in total. The summed E-state index contributed by atoms with van der Waals surface area (Å²) in [6, 6.07) is 13.3. The third-order valence-corrected chi connectivity index (χ3v) is 7.27. The van der Waals surface area contributed by atoms with E-state index < -0.39 is 16.8 Å². The number of nitro groups is 1. The van der Waals surface area contributed by atoms with Crippen LogP contribution in [0.15, 0.2) is 58.9 Å². The number of carbonyl (C=O) groups is 2. The van der Waals surface area contributed by atoms with Crippen molar-refractivity contribution >= 4 is 28.9 Å². The van der Waals surface area contributed by atoms with Gasteiger partial charge in [0.15, 0.2) is 0 Å². The Labute approximate surface area is 177 Å². The van der Waals surface area contributed by atoms with Gasteiger partial charge in [-0.05, 0) is 43.4 Å². The van der Waals surface area contributed by atoms with Gasteiger partial charge in [-0.25, -0.2) is 5.01 Å². The molecule has 2 bridgehead atoms. The van der Waals surface area contributed by atoms with Crippen molar-refractivity contribution in [2.45, 2.75) is 25.4 Å². The molecule has 2 amide bonds. The second-order valence-corrected chi connectivity index (χ2v) is 8.74. The molecule has 4 aliphatic rings. The minimum absolute atomic E-state index is 0.0449. The van der Waals surface area contributed by atoms with Crippen LogP contribution in [-0.4, -0.2) is 28.8 Å². The summed E-state index contributed by atoms with van der Waals surface area (Å²) >= 11 is 0. The Kier molecular flexibility index (Phi) is 3.63. The number of aryl methyl sites for hydroxylation is 1. The molecular weight excluding hydrogens is 398 g/mol. The van der Waals surface area contributed by atoms with Crippen LogP contribution in [0.4, 0.5) is 17.1 Å². The van der Waals surface area contributed by atoms with Gasteiger partial charge in [0.1, 0.15) is 5.69 Å². The van der Waals surface area contributed by atoms with Gasteiger partial charge >= 0.3 is 0 Å². The van der Waals surface area contributed by atoms with Crippen molar-refractivity contribution in [3.05, 3.63) is 64.2 Å². The average molecular weight is 417 g/mol.